The molecule has 408 valence electrons. The van der Waals surface area contributed by atoms with Gasteiger partial charge in [-0.05, 0) is 126 Å². The van der Waals surface area contributed by atoms with Gasteiger partial charge in [0.25, 0.3) is 47.3 Å². The van der Waals surface area contributed by atoms with E-state index in [1.807, 2.05) is 42.3 Å². The lowest BCUT2D eigenvalue weighted by Crippen LogP contribution is -2.31. The third kappa shape index (κ3) is 7.86. The van der Waals surface area contributed by atoms with Crippen LogP contribution >= 0.6 is 0 Å². The summed E-state index contributed by atoms with van der Waals surface area (Å²) >= 11 is 0. The minimum absolute atomic E-state index is 0.00126. The number of carbonyl (C=O) groups is 11. The number of ketones is 3. The highest BCUT2D eigenvalue weighted by Crippen LogP contribution is 2.43. The minimum Gasteiger partial charge on any atom is -0.457 e. The number of imide groups is 4. The van der Waals surface area contributed by atoms with Crippen molar-refractivity contribution in [1.29, 1.82) is 0 Å². The van der Waals surface area contributed by atoms with Crippen LogP contribution in [0.5, 0.6) is 11.5 Å². The zero-order valence-corrected chi connectivity index (χ0v) is 44.8. The van der Waals surface area contributed by atoms with E-state index < -0.39 is 58.8 Å². The van der Waals surface area contributed by atoms with Crippen LogP contribution in [-0.2, 0) is 26.2 Å². The van der Waals surface area contributed by atoms with Gasteiger partial charge in [-0.25, -0.2) is 9.80 Å². The van der Waals surface area contributed by atoms with Crippen LogP contribution in [0.3, 0.4) is 0 Å². The van der Waals surface area contributed by atoms with Crippen molar-refractivity contribution in [2.45, 2.75) is 26.2 Å². The third-order valence-corrected chi connectivity index (χ3v) is 16.4. The molecule has 0 saturated carbocycles. The number of benzene rings is 8. The number of anilines is 3. The molecule has 0 bridgehead atoms. The first kappa shape index (κ1) is 51.1. The van der Waals surface area contributed by atoms with Gasteiger partial charge in [-0.15, -0.1) is 0 Å². The molecule has 18 nitrogen and oxygen atoms in total. The van der Waals surface area contributed by atoms with E-state index in [9.17, 15) is 52.7 Å². The van der Waals surface area contributed by atoms with E-state index in [0.717, 1.165) is 49.4 Å². The molecule has 8 aromatic rings. The summed E-state index contributed by atoms with van der Waals surface area (Å²) < 4.78 is 6.41. The number of carbonyl (C=O) groups excluding carboxylic acids is 11. The topological polar surface area (TPSA) is 216 Å². The van der Waals surface area contributed by atoms with Gasteiger partial charge in [-0.2, -0.15) is 0 Å². The van der Waals surface area contributed by atoms with Crippen LogP contribution in [0.4, 0.5) is 17.1 Å². The first-order valence-electron chi connectivity index (χ1n) is 26.6. The third-order valence-electron chi connectivity index (χ3n) is 16.4. The van der Waals surface area contributed by atoms with Gasteiger partial charge in [0, 0.05) is 79.7 Å². The van der Waals surface area contributed by atoms with E-state index in [1.165, 1.54) is 105 Å². The van der Waals surface area contributed by atoms with Gasteiger partial charge in [0.15, 0.2) is 17.3 Å². The maximum Gasteiger partial charge on any atom is 0.266 e. The fraction of sp³-hybridized carbons (Fsp3) is 0.106. The smallest absolute Gasteiger partial charge is 0.266 e. The average molecular weight is 1110 g/mol. The summed E-state index contributed by atoms with van der Waals surface area (Å²) in [6.45, 7) is 2.15. The summed E-state index contributed by atoms with van der Waals surface area (Å²) in [5, 5.41) is 0. The van der Waals surface area contributed by atoms with Crippen molar-refractivity contribution in [2.75, 3.05) is 35.8 Å². The maximum absolute atomic E-state index is 14.6. The highest BCUT2D eigenvalue weighted by molar-refractivity contribution is 6.36. The largest absolute Gasteiger partial charge is 0.457 e. The Morgan fingerprint density at radius 1 is 0.321 bits per heavy atom. The SMILES string of the molecule is CN1Cc2ccc(C(=O)c3ccc4c(c3)CN(c3cc(Oc5ccc(N6C(=O)c7ccc(C(=O)c8ccc9c(c8)C(=O)N(C)C9=O)cc7C6=O)cc5)ccc3N3C(=O)c5ccc(C(=O)c6ccc7c(c6)C(=O)N(C)C7=O)cc5C3=O)C4)cc2C1. The van der Waals surface area contributed by atoms with E-state index in [-0.39, 0.29) is 102 Å². The van der Waals surface area contributed by atoms with Crippen molar-refractivity contribution in [3.05, 3.63) is 252 Å². The summed E-state index contributed by atoms with van der Waals surface area (Å²) in [4.78, 5) is 157. The zero-order valence-electron chi connectivity index (χ0n) is 44.8. The van der Waals surface area contributed by atoms with E-state index >= 15 is 0 Å². The number of hydrogen-bond acceptors (Lipinski definition) is 14. The van der Waals surface area contributed by atoms with Gasteiger partial charge < -0.3 is 9.64 Å². The molecule has 0 aromatic heterocycles. The monoisotopic (exact) mass is 1110 g/mol. The number of hydrogen-bond donors (Lipinski definition) is 0. The molecule has 14 rings (SSSR count). The molecule has 0 atom stereocenters. The number of fused-ring (bicyclic) bond motifs is 6. The lowest BCUT2D eigenvalue weighted by atomic mass is 9.96. The maximum atomic E-state index is 14.6. The molecule has 0 unspecified atom stereocenters. The molecule has 6 heterocycles. The van der Waals surface area contributed by atoms with Crippen molar-refractivity contribution >= 4 is 81.7 Å². The molecule has 8 aromatic carbocycles. The van der Waals surface area contributed by atoms with Crippen molar-refractivity contribution in [1.82, 2.24) is 14.7 Å². The van der Waals surface area contributed by atoms with Crippen LogP contribution in [0.15, 0.2) is 152 Å². The molecule has 0 fully saturated rings. The van der Waals surface area contributed by atoms with Crippen molar-refractivity contribution in [3.63, 3.8) is 0 Å². The Hall–Kier alpha value is -11.1. The van der Waals surface area contributed by atoms with Crippen LogP contribution in [0, 0.1) is 0 Å². The van der Waals surface area contributed by atoms with E-state index in [4.69, 9.17) is 4.74 Å². The molecular weight excluding hydrogens is 1070 g/mol. The van der Waals surface area contributed by atoms with Crippen molar-refractivity contribution < 1.29 is 57.5 Å². The Bertz CT molecular complexity index is 4510. The quantitative estimate of drug-likeness (QED) is 0.0875. The van der Waals surface area contributed by atoms with Gasteiger partial charge in [-0.1, -0.05) is 48.5 Å². The molecule has 0 spiro atoms. The highest BCUT2D eigenvalue weighted by atomic mass is 16.5. The predicted molar refractivity (Wildman–Crippen MR) is 302 cm³/mol. The predicted octanol–water partition coefficient (Wildman–Crippen LogP) is 8.69. The van der Waals surface area contributed by atoms with Crippen molar-refractivity contribution in [3.8, 4) is 11.5 Å². The Labute approximate surface area is 477 Å². The summed E-state index contributed by atoms with van der Waals surface area (Å²) in [5.41, 5.74) is 7.00. The molecule has 0 aliphatic carbocycles. The van der Waals surface area contributed by atoms with Gasteiger partial charge in [-0.3, -0.25) is 67.4 Å². The molecule has 18 heteroatoms. The van der Waals surface area contributed by atoms with Gasteiger partial charge in [0.1, 0.15) is 11.5 Å². The summed E-state index contributed by atoms with van der Waals surface area (Å²) in [6, 6.07) is 39.1. The van der Waals surface area contributed by atoms with E-state index in [0.29, 0.717) is 23.4 Å². The standard InChI is InChI=1S/C66H42N6O12/c1-67-29-39-6-4-33(22-41(39)30-67)56(73)34-5-7-40-31-70(32-42(40)23-34)55-28-45(16-21-54(55)72-64(81)49-20-11-38(27-53(49)66(72)83)58(75)36-9-18-47-51(25-36)62(79)69(3)60(47)77)84-44-14-12-43(13-15-44)71-63(80)48-19-10-37(26-52(48)65(71)82)57(74)35-8-17-46-50(24-35)61(78)68(2)59(46)76/h4-28H,29-32H2,1-3H3. The number of rotatable bonds is 11. The fourth-order valence-electron chi connectivity index (χ4n) is 11.9. The van der Waals surface area contributed by atoms with Gasteiger partial charge in [0.2, 0.25) is 0 Å². The van der Waals surface area contributed by atoms with E-state index in [2.05, 4.69) is 4.90 Å². The normalized spacial score (nSPS) is 15.8. The number of nitrogens with zero attached hydrogens (tertiary/aromatic N) is 6. The minimum atomic E-state index is -0.698. The van der Waals surface area contributed by atoms with E-state index in [1.54, 1.807) is 36.4 Å². The Balaban J connectivity index is 0.745. The van der Waals surface area contributed by atoms with Gasteiger partial charge in [0.05, 0.1) is 61.6 Å². The zero-order chi connectivity index (χ0) is 58.3. The second kappa shape index (κ2) is 18.7. The lowest BCUT2D eigenvalue weighted by molar-refractivity contribution is 0.0677. The van der Waals surface area contributed by atoms with Crippen LogP contribution in [0.1, 0.15) is 153 Å². The second-order valence-corrected chi connectivity index (χ2v) is 21.5. The Morgan fingerprint density at radius 3 is 1.19 bits per heavy atom. The number of amides is 8. The molecule has 6 aliphatic heterocycles. The summed E-state index contributed by atoms with van der Waals surface area (Å²) in [6.07, 6.45) is 0. The molecule has 0 N–H and O–H groups in total. The lowest BCUT2D eigenvalue weighted by Gasteiger charge is -2.26. The molecule has 8 amide bonds. The van der Waals surface area contributed by atoms with Crippen LogP contribution in [0.2, 0.25) is 0 Å². The molecule has 0 saturated heterocycles. The number of ether oxygens (including phenoxy) is 1. The second-order valence-electron chi connectivity index (χ2n) is 21.5. The summed E-state index contributed by atoms with van der Waals surface area (Å²) in [7, 11) is 4.74. The van der Waals surface area contributed by atoms with Gasteiger partial charge >= 0.3 is 0 Å². The molecule has 0 radical (unpaired) electrons. The molecule has 6 aliphatic rings. The van der Waals surface area contributed by atoms with Crippen LogP contribution in [0.25, 0.3) is 0 Å². The summed E-state index contributed by atoms with van der Waals surface area (Å²) in [5.74, 6) is -5.29. The molecule has 84 heavy (non-hydrogen) atoms. The van der Waals surface area contributed by atoms with Crippen molar-refractivity contribution in [2.24, 2.45) is 0 Å². The average Bonchev–Trinajstić information content (AvgIpc) is 3.65. The molecular formula is C66H42N6O12. The van der Waals surface area contributed by atoms with Crippen LogP contribution in [-0.4, -0.2) is 100 Å². The highest BCUT2D eigenvalue weighted by Gasteiger charge is 2.42. The van der Waals surface area contributed by atoms with Crippen LogP contribution < -0.4 is 19.4 Å². The Kier molecular flexibility index (Phi) is 11.4. The first-order valence-corrected chi connectivity index (χ1v) is 26.6. The Morgan fingerprint density at radius 2 is 0.679 bits per heavy atom. The first-order chi connectivity index (χ1) is 40.4. The fourth-order valence-corrected chi connectivity index (χ4v) is 11.9.